The molecule has 14 heavy (non-hydrogen) atoms. The molecule has 1 rings (SSSR count). The molecule has 0 aromatic rings. The van der Waals surface area contributed by atoms with Gasteiger partial charge in [0.2, 0.25) is 0 Å². The Morgan fingerprint density at radius 3 is 2.86 bits per heavy atom. The van der Waals surface area contributed by atoms with Crippen LogP contribution in [-0.4, -0.2) is 24.8 Å². The van der Waals surface area contributed by atoms with Crippen molar-refractivity contribution in [3.05, 3.63) is 12.2 Å². The molecular formula is C11H17NO2. The second-order valence-electron chi connectivity index (χ2n) is 3.37. The van der Waals surface area contributed by atoms with Crippen molar-refractivity contribution >= 4 is 11.7 Å². The quantitative estimate of drug-likeness (QED) is 0.510. The van der Waals surface area contributed by atoms with Crippen LogP contribution in [0.5, 0.6) is 0 Å². The van der Waals surface area contributed by atoms with E-state index < -0.39 is 5.41 Å². The fourth-order valence-corrected chi connectivity index (χ4v) is 1.70. The first-order valence-corrected chi connectivity index (χ1v) is 5.03. The summed E-state index contributed by atoms with van der Waals surface area (Å²) < 4.78 is 5.08. The molecule has 1 atom stereocenters. The van der Waals surface area contributed by atoms with Gasteiger partial charge in [-0.15, -0.1) is 0 Å². The lowest BCUT2D eigenvalue weighted by atomic mass is 9.79. The van der Waals surface area contributed by atoms with Crippen molar-refractivity contribution in [2.45, 2.75) is 27.2 Å². The van der Waals surface area contributed by atoms with Crippen LogP contribution in [0.3, 0.4) is 0 Å². The Hall–Kier alpha value is -1.12. The number of hydrogen-bond acceptors (Lipinski definition) is 3. The molecule has 0 aromatic carbocycles. The summed E-state index contributed by atoms with van der Waals surface area (Å²) in [5.74, 6) is -0.181. The Bertz CT molecular complexity index is 281. The standard InChI is InChI=1S/C11H17NO2/c1-4-11(10(13)14-5-2)7-6-8-12-9(11)3/h6-7H,4-5,8H2,1-3H3. The van der Waals surface area contributed by atoms with Gasteiger partial charge in [0.25, 0.3) is 0 Å². The minimum absolute atomic E-state index is 0.181. The molecule has 78 valence electrons. The van der Waals surface area contributed by atoms with Crippen molar-refractivity contribution in [2.24, 2.45) is 10.4 Å². The number of ether oxygens (including phenoxy) is 1. The second-order valence-corrected chi connectivity index (χ2v) is 3.37. The molecule has 0 spiro atoms. The summed E-state index contributed by atoms with van der Waals surface area (Å²) in [6.07, 6.45) is 4.55. The number of nitrogens with zero attached hydrogens (tertiary/aromatic N) is 1. The van der Waals surface area contributed by atoms with Crippen LogP contribution in [-0.2, 0) is 9.53 Å². The molecule has 3 heteroatoms. The number of carbonyl (C=O) groups excluding carboxylic acids is 1. The molecule has 0 amide bonds. The minimum atomic E-state index is -0.603. The zero-order chi connectivity index (χ0) is 10.6. The van der Waals surface area contributed by atoms with Gasteiger partial charge < -0.3 is 4.74 Å². The fraction of sp³-hybridized carbons (Fsp3) is 0.636. The van der Waals surface area contributed by atoms with E-state index in [9.17, 15) is 4.79 Å². The number of esters is 1. The van der Waals surface area contributed by atoms with Gasteiger partial charge in [0.05, 0.1) is 13.2 Å². The fourth-order valence-electron chi connectivity index (χ4n) is 1.70. The number of rotatable bonds is 3. The van der Waals surface area contributed by atoms with Gasteiger partial charge >= 0.3 is 5.97 Å². The van der Waals surface area contributed by atoms with E-state index in [0.29, 0.717) is 19.6 Å². The highest BCUT2D eigenvalue weighted by molar-refractivity contribution is 6.08. The summed E-state index contributed by atoms with van der Waals surface area (Å²) in [6, 6.07) is 0. The van der Waals surface area contributed by atoms with Crippen molar-refractivity contribution in [3.63, 3.8) is 0 Å². The maximum Gasteiger partial charge on any atom is 0.321 e. The molecule has 0 fully saturated rings. The van der Waals surface area contributed by atoms with Crippen molar-refractivity contribution in [1.29, 1.82) is 0 Å². The smallest absolute Gasteiger partial charge is 0.321 e. The van der Waals surface area contributed by atoms with Crippen molar-refractivity contribution < 1.29 is 9.53 Å². The highest BCUT2D eigenvalue weighted by Gasteiger charge is 2.39. The van der Waals surface area contributed by atoms with Gasteiger partial charge in [-0.25, -0.2) is 0 Å². The largest absolute Gasteiger partial charge is 0.465 e. The maximum atomic E-state index is 11.8. The molecule has 0 aliphatic carbocycles. The third kappa shape index (κ3) is 1.72. The van der Waals surface area contributed by atoms with E-state index in [0.717, 1.165) is 5.71 Å². The van der Waals surface area contributed by atoms with Crippen LogP contribution >= 0.6 is 0 Å². The predicted molar refractivity (Wildman–Crippen MR) is 56.5 cm³/mol. The first kappa shape index (κ1) is 11.0. The number of carbonyl (C=O) groups is 1. The lowest BCUT2D eigenvalue weighted by Gasteiger charge is -2.29. The summed E-state index contributed by atoms with van der Waals surface area (Å²) in [6.45, 7) is 6.78. The Morgan fingerprint density at radius 1 is 1.64 bits per heavy atom. The normalized spacial score (nSPS) is 25.8. The molecule has 1 aliphatic rings. The van der Waals surface area contributed by atoms with E-state index in [1.54, 1.807) is 0 Å². The molecule has 0 saturated carbocycles. The van der Waals surface area contributed by atoms with Gasteiger partial charge in [-0.2, -0.15) is 0 Å². The van der Waals surface area contributed by atoms with E-state index in [1.165, 1.54) is 0 Å². The Kier molecular flexibility index (Phi) is 3.44. The average molecular weight is 195 g/mol. The topological polar surface area (TPSA) is 38.7 Å². The molecule has 0 radical (unpaired) electrons. The molecule has 0 aromatic heterocycles. The van der Waals surface area contributed by atoms with Crippen LogP contribution in [0.2, 0.25) is 0 Å². The van der Waals surface area contributed by atoms with Crippen LogP contribution < -0.4 is 0 Å². The first-order valence-electron chi connectivity index (χ1n) is 5.03. The van der Waals surface area contributed by atoms with Crippen LogP contribution in [0.15, 0.2) is 17.1 Å². The summed E-state index contributed by atoms with van der Waals surface area (Å²) in [4.78, 5) is 16.1. The lowest BCUT2D eigenvalue weighted by molar-refractivity contribution is -0.149. The zero-order valence-electron chi connectivity index (χ0n) is 9.04. The third-order valence-electron chi connectivity index (χ3n) is 2.68. The molecule has 1 unspecified atom stereocenters. The van der Waals surface area contributed by atoms with Gasteiger partial charge in [-0.3, -0.25) is 9.79 Å². The van der Waals surface area contributed by atoms with Crippen LogP contribution in [0.25, 0.3) is 0 Å². The predicted octanol–water partition coefficient (Wildman–Crippen LogP) is 1.98. The number of hydrogen-bond donors (Lipinski definition) is 0. The molecule has 1 aliphatic heterocycles. The summed E-state index contributed by atoms with van der Waals surface area (Å²) >= 11 is 0. The highest BCUT2D eigenvalue weighted by Crippen LogP contribution is 2.30. The monoisotopic (exact) mass is 195 g/mol. The zero-order valence-corrected chi connectivity index (χ0v) is 9.04. The molecular weight excluding hydrogens is 178 g/mol. The van der Waals surface area contributed by atoms with Crippen LogP contribution in [0, 0.1) is 5.41 Å². The average Bonchev–Trinajstić information content (AvgIpc) is 2.19. The van der Waals surface area contributed by atoms with Gasteiger partial charge in [0.15, 0.2) is 0 Å². The molecule has 3 nitrogen and oxygen atoms in total. The molecule has 0 saturated heterocycles. The van der Waals surface area contributed by atoms with E-state index in [-0.39, 0.29) is 5.97 Å². The second kappa shape index (κ2) is 4.40. The Labute approximate surface area is 84.9 Å². The first-order chi connectivity index (χ1) is 6.67. The number of dihydropyridines is 1. The SMILES string of the molecule is CCOC(=O)C1(CC)C=CCN=C1C. The Balaban J connectivity index is 2.95. The highest BCUT2D eigenvalue weighted by atomic mass is 16.5. The van der Waals surface area contributed by atoms with E-state index in [4.69, 9.17) is 4.74 Å². The third-order valence-corrected chi connectivity index (χ3v) is 2.68. The van der Waals surface area contributed by atoms with Gasteiger partial charge in [-0.1, -0.05) is 19.1 Å². The summed E-state index contributed by atoms with van der Waals surface area (Å²) in [5, 5.41) is 0. The minimum Gasteiger partial charge on any atom is -0.465 e. The Morgan fingerprint density at radius 2 is 2.36 bits per heavy atom. The van der Waals surface area contributed by atoms with Gasteiger partial charge in [-0.05, 0) is 20.3 Å². The summed E-state index contributed by atoms with van der Waals surface area (Å²) in [5.41, 5.74) is 0.259. The van der Waals surface area contributed by atoms with Gasteiger partial charge in [0.1, 0.15) is 5.41 Å². The van der Waals surface area contributed by atoms with Crippen molar-refractivity contribution in [1.82, 2.24) is 0 Å². The van der Waals surface area contributed by atoms with Crippen LogP contribution in [0.1, 0.15) is 27.2 Å². The molecule has 0 N–H and O–H groups in total. The van der Waals surface area contributed by atoms with E-state index in [1.807, 2.05) is 32.9 Å². The maximum absolute atomic E-state index is 11.8. The van der Waals surface area contributed by atoms with E-state index >= 15 is 0 Å². The van der Waals surface area contributed by atoms with Crippen molar-refractivity contribution in [2.75, 3.05) is 13.2 Å². The lowest BCUT2D eigenvalue weighted by Crippen LogP contribution is -2.38. The van der Waals surface area contributed by atoms with Gasteiger partial charge in [0, 0.05) is 5.71 Å². The summed E-state index contributed by atoms with van der Waals surface area (Å²) in [7, 11) is 0. The molecule has 1 heterocycles. The van der Waals surface area contributed by atoms with E-state index in [2.05, 4.69) is 4.99 Å². The molecule has 0 bridgehead atoms. The van der Waals surface area contributed by atoms with Crippen LogP contribution in [0.4, 0.5) is 0 Å². The number of aliphatic imine (C=N–C) groups is 1. The van der Waals surface area contributed by atoms with Crippen molar-refractivity contribution in [3.8, 4) is 0 Å².